The molecule has 1 aromatic carbocycles. The van der Waals surface area contributed by atoms with Crippen LogP contribution in [0.5, 0.6) is 0 Å². The van der Waals surface area contributed by atoms with Crippen LogP contribution in [0.4, 0.5) is 14.9 Å². The topological polar surface area (TPSA) is 78.4 Å². The number of carbonyl (C=O) groups is 2. The van der Waals surface area contributed by atoms with Crippen molar-refractivity contribution in [3.05, 3.63) is 28.0 Å². The van der Waals surface area contributed by atoms with Crippen molar-refractivity contribution in [1.82, 2.24) is 5.32 Å². The van der Waals surface area contributed by atoms with Crippen LogP contribution < -0.4 is 10.6 Å². The number of hydrogen-bond donors (Lipinski definition) is 3. The molecule has 1 aliphatic rings. The number of carbonyl (C=O) groups excluding carboxylic acids is 1. The summed E-state index contributed by atoms with van der Waals surface area (Å²) in [7, 11) is 0. The average molecular weight is 335 g/mol. The van der Waals surface area contributed by atoms with Gasteiger partial charge in [-0.2, -0.15) is 0 Å². The van der Waals surface area contributed by atoms with E-state index in [1.54, 1.807) is 0 Å². The Balaban J connectivity index is 1.92. The van der Waals surface area contributed by atoms with Gasteiger partial charge >= 0.3 is 12.0 Å². The van der Waals surface area contributed by atoms with Crippen molar-refractivity contribution in [2.45, 2.75) is 25.3 Å². The second-order valence-corrected chi connectivity index (χ2v) is 5.71. The molecule has 8 heteroatoms. The Labute approximate surface area is 130 Å². The van der Waals surface area contributed by atoms with Crippen LogP contribution in [0.15, 0.2) is 12.1 Å². The summed E-state index contributed by atoms with van der Waals surface area (Å²) in [5.74, 6) is -2.02. The average Bonchev–Trinajstić information content (AvgIpc) is 2.84. The zero-order valence-electron chi connectivity index (χ0n) is 10.8. The number of nitrogens with one attached hydrogen (secondary N) is 2. The predicted molar refractivity (Wildman–Crippen MR) is 77.3 cm³/mol. The van der Waals surface area contributed by atoms with Crippen molar-refractivity contribution in [3.8, 4) is 0 Å². The van der Waals surface area contributed by atoms with Crippen LogP contribution in [0.2, 0.25) is 10.0 Å². The number of rotatable bonds is 3. The van der Waals surface area contributed by atoms with Crippen LogP contribution in [-0.4, -0.2) is 23.1 Å². The number of hydrogen-bond acceptors (Lipinski definition) is 2. The van der Waals surface area contributed by atoms with Crippen LogP contribution in [-0.2, 0) is 4.79 Å². The quantitative estimate of drug-likeness (QED) is 0.740. The molecule has 114 valence electrons. The molecule has 0 radical (unpaired) electrons. The van der Waals surface area contributed by atoms with Gasteiger partial charge in [-0.25, -0.2) is 9.18 Å². The second kappa shape index (κ2) is 6.49. The maximum Gasteiger partial charge on any atom is 0.319 e. The molecular weight excluding hydrogens is 322 g/mol. The van der Waals surface area contributed by atoms with Gasteiger partial charge in [0.2, 0.25) is 0 Å². The first-order valence-electron chi connectivity index (χ1n) is 6.31. The molecule has 5 nitrogen and oxygen atoms in total. The van der Waals surface area contributed by atoms with Gasteiger partial charge in [0.15, 0.2) is 5.82 Å². The monoisotopic (exact) mass is 334 g/mol. The summed E-state index contributed by atoms with van der Waals surface area (Å²) in [5, 5.41) is 13.7. The molecule has 2 amide bonds. The van der Waals surface area contributed by atoms with Gasteiger partial charge in [-0.15, -0.1) is 0 Å². The molecule has 0 aromatic heterocycles. The third-order valence-electron chi connectivity index (χ3n) is 3.36. The van der Waals surface area contributed by atoms with Gasteiger partial charge in [0.05, 0.1) is 16.0 Å². The molecule has 0 bridgehead atoms. The standard InChI is InChI=1S/C13H13Cl2FN2O3/c14-9-4-8(5-10(15)11(9)16)18-13(21)17-7-2-1-6(3-7)12(19)20/h4-7H,1-3H2,(H,19,20)(H2,17,18,21)/t6-,7+/m1/s1. The zero-order valence-corrected chi connectivity index (χ0v) is 12.3. The third-order valence-corrected chi connectivity index (χ3v) is 3.91. The maximum absolute atomic E-state index is 13.2. The lowest BCUT2D eigenvalue weighted by Crippen LogP contribution is -2.36. The maximum atomic E-state index is 13.2. The SMILES string of the molecule is O=C(Nc1cc(Cl)c(F)c(Cl)c1)N[C@H]1CC[C@@H](C(=O)O)C1. The highest BCUT2D eigenvalue weighted by Crippen LogP contribution is 2.28. The van der Waals surface area contributed by atoms with Gasteiger partial charge < -0.3 is 15.7 Å². The summed E-state index contributed by atoms with van der Waals surface area (Å²) in [6.45, 7) is 0. The summed E-state index contributed by atoms with van der Waals surface area (Å²) in [4.78, 5) is 22.6. The molecule has 1 saturated carbocycles. The van der Waals surface area contributed by atoms with E-state index < -0.39 is 23.7 Å². The van der Waals surface area contributed by atoms with Crippen LogP contribution in [0.3, 0.4) is 0 Å². The van der Waals surface area contributed by atoms with E-state index >= 15 is 0 Å². The molecular formula is C13H13Cl2FN2O3. The number of carboxylic acids is 1. The van der Waals surface area contributed by atoms with E-state index in [2.05, 4.69) is 10.6 Å². The number of anilines is 1. The number of halogens is 3. The largest absolute Gasteiger partial charge is 0.481 e. The van der Waals surface area contributed by atoms with Gasteiger partial charge in [-0.3, -0.25) is 4.79 Å². The Bertz CT molecular complexity index is 560. The highest BCUT2D eigenvalue weighted by Gasteiger charge is 2.30. The fourth-order valence-electron chi connectivity index (χ4n) is 2.32. The van der Waals surface area contributed by atoms with Crippen LogP contribution in [0.25, 0.3) is 0 Å². The Kier molecular flexibility index (Phi) is 4.90. The number of benzene rings is 1. The number of aliphatic carboxylic acids is 1. The normalized spacial score (nSPS) is 21.1. The Morgan fingerprint density at radius 1 is 1.24 bits per heavy atom. The van der Waals surface area contributed by atoms with E-state index in [4.69, 9.17) is 28.3 Å². The Hall–Kier alpha value is -1.53. The molecule has 0 unspecified atom stereocenters. The first-order chi connectivity index (χ1) is 9.86. The van der Waals surface area contributed by atoms with Gasteiger partial charge in [-0.05, 0) is 31.4 Å². The lowest BCUT2D eigenvalue weighted by atomic mass is 10.1. The fraction of sp³-hybridized carbons (Fsp3) is 0.385. The lowest BCUT2D eigenvalue weighted by Gasteiger charge is -2.14. The third kappa shape index (κ3) is 3.98. The number of urea groups is 1. The molecule has 1 fully saturated rings. The molecule has 0 spiro atoms. The van der Waals surface area contributed by atoms with E-state index in [0.717, 1.165) is 0 Å². The van der Waals surface area contributed by atoms with E-state index in [-0.39, 0.29) is 21.8 Å². The van der Waals surface area contributed by atoms with Crippen LogP contribution in [0, 0.1) is 11.7 Å². The van der Waals surface area contributed by atoms with Crippen molar-refractivity contribution >= 4 is 40.9 Å². The summed E-state index contributed by atoms with van der Waals surface area (Å²) in [5.41, 5.74) is 0.261. The second-order valence-electron chi connectivity index (χ2n) is 4.90. The molecule has 2 atom stereocenters. The van der Waals surface area contributed by atoms with E-state index in [1.807, 2.05) is 0 Å². The molecule has 21 heavy (non-hydrogen) atoms. The van der Waals surface area contributed by atoms with Gasteiger partial charge in [0.1, 0.15) is 0 Å². The van der Waals surface area contributed by atoms with Crippen molar-refractivity contribution in [2.24, 2.45) is 5.92 Å². The zero-order chi connectivity index (χ0) is 15.6. The van der Waals surface area contributed by atoms with Crippen molar-refractivity contribution in [2.75, 3.05) is 5.32 Å². The van der Waals surface area contributed by atoms with E-state index in [0.29, 0.717) is 19.3 Å². The first kappa shape index (κ1) is 15.9. The van der Waals surface area contributed by atoms with Gasteiger partial charge in [0, 0.05) is 11.7 Å². The van der Waals surface area contributed by atoms with Crippen LogP contribution >= 0.6 is 23.2 Å². The Morgan fingerprint density at radius 2 is 1.86 bits per heavy atom. The Morgan fingerprint density at radius 3 is 2.38 bits per heavy atom. The fourth-order valence-corrected chi connectivity index (χ4v) is 2.80. The minimum Gasteiger partial charge on any atom is -0.481 e. The number of amides is 2. The van der Waals surface area contributed by atoms with Crippen molar-refractivity contribution < 1.29 is 19.1 Å². The molecule has 3 N–H and O–H groups in total. The number of carboxylic acid groups (broad SMARTS) is 1. The first-order valence-corrected chi connectivity index (χ1v) is 7.07. The molecule has 0 aliphatic heterocycles. The highest BCUT2D eigenvalue weighted by atomic mass is 35.5. The molecule has 0 heterocycles. The van der Waals surface area contributed by atoms with Gasteiger partial charge in [-0.1, -0.05) is 23.2 Å². The summed E-state index contributed by atoms with van der Waals surface area (Å²) in [6.07, 6.45) is 1.54. The van der Waals surface area contributed by atoms with Crippen LogP contribution in [0.1, 0.15) is 19.3 Å². The minimum absolute atomic E-state index is 0.190. The van der Waals surface area contributed by atoms with Gasteiger partial charge in [0.25, 0.3) is 0 Å². The molecule has 1 aromatic rings. The highest BCUT2D eigenvalue weighted by molar-refractivity contribution is 6.35. The molecule has 2 rings (SSSR count). The lowest BCUT2D eigenvalue weighted by molar-refractivity contribution is -0.141. The van der Waals surface area contributed by atoms with Crippen molar-refractivity contribution in [3.63, 3.8) is 0 Å². The molecule has 0 saturated heterocycles. The molecule has 1 aliphatic carbocycles. The minimum atomic E-state index is -0.850. The van der Waals surface area contributed by atoms with Crippen molar-refractivity contribution in [1.29, 1.82) is 0 Å². The summed E-state index contributed by atoms with van der Waals surface area (Å²) in [6, 6.07) is 1.79. The summed E-state index contributed by atoms with van der Waals surface area (Å²) >= 11 is 11.3. The van der Waals surface area contributed by atoms with E-state index in [9.17, 15) is 14.0 Å². The smallest absolute Gasteiger partial charge is 0.319 e. The van der Waals surface area contributed by atoms with E-state index in [1.165, 1.54) is 12.1 Å². The summed E-state index contributed by atoms with van der Waals surface area (Å²) < 4.78 is 13.2. The predicted octanol–water partition coefficient (Wildman–Crippen LogP) is 3.51.